The second-order valence-corrected chi connectivity index (χ2v) is 6.97. The van der Waals surface area contributed by atoms with Crippen molar-refractivity contribution in [2.24, 2.45) is 5.92 Å². The van der Waals surface area contributed by atoms with Gasteiger partial charge in [-0.2, -0.15) is 0 Å². The molecule has 2 aliphatic rings. The van der Waals surface area contributed by atoms with Crippen LogP contribution < -0.4 is 15.5 Å². The van der Waals surface area contributed by atoms with E-state index in [0.29, 0.717) is 12.2 Å². The second kappa shape index (κ2) is 7.75. The number of hydrogen-bond acceptors (Lipinski definition) is 3. The number of halogens is 3. The van der Waals surface area contributed by atoms with E-state index >= 15 is 0 Å². The molecular formula is C20H20ClF2N3O2. The maximum absolute atomic E-state index is 13.5. The Kier molecular flexibility index (Phi) is 5.56. The van der Waals surface area contributed by atoms with Gasteiger partial charge in [0.15, 0.2) is 0 Å². The Bertz CT molecular complexity index is 917. The van der Waals surface area contributed by atoms with Gasteiger partial charge in [-0.05, 0) is 42.7 Å². The number of fused-ring (bicyclic) bond motifs is 1. The molecule has 1 atom stereocenters. The van der Waals surface area contributed by atoms with Gasteiger partial charge in [0, 0.05) is 42.6 Å². The molecule has 4 rings (SSSR count). The topological polar surface area (TPSA) is 66.6 Å². The van der Waals surface area contributed by atoms with Gasteiger partial charge in [0.2, 0.25) is 11.8 Å². The van der Waals surface area contributed by atoms with Gasteiger partial charge in [-0.25, -0.2) is 8.78 Å². The Hall–Kier alpha value is -2.67. The summed E-state index contributed by atoms with van der Waals surface area (Å²) < 4.78 is 27.0. The fourth-order valence-corrected chi connectivity index (χ4v) is 3.92. The highest BCUT2D eigenvalue weighted by molar-refractivity contribution is 6.05. The van der Waals surface area contributed by atoms with E-state index in [1.807, 2.05) is 12.1 Å². The normalized spacial score (nSPS) is 18.6. The molecule has 0 bridgehead atoms. The Morgan fingerprint density at radius 1 is 1.14 bits per heavy atom. The number of carbonyl (C=O) groups excluding carboxylic acids is 2. The molecule has 1 saturated heterocycles. The third-order valence-corrected chi connectivity index (χ3v) is 5.19. The van der Waals surface area contributed by atoms with Crippen molar-refractivity contribution >= 4 is 41.3 Å². The van der Waals surface area contributed by atoms with Crippen LogP contribution >= 0.6 is 12.4 Å². The van der Waals surface area contributed by atoms with E-state index in [1.54, 1.807) is 11.0 Å². The molecule has 2 amide bonds. The Morgan fingerprint density at radius 3 is 2.57 bits per heavy atom. The zero-order valence-electron chi connectivity index (χ0n) is 15.0. The standard InChI is InChI=1S/C20H19F2N3O2.ClH/c21-13-8-14(22)10-15(9-13)25-11-12(7-19(25)26)20(27)24-6-2-3-16-17(23)4-1-5-18(16)24;/h1,4-5,8-10,12H,2-3,6-7,11,23H2;1H. The molecule has 0 aromatic heterocycles. The molecule has 5 nitrogen and oxygen atoms in total. The summed E-state index contributed by atoms with van der Waals surface area (Å²) in [5, 5.41) is 0. The van der Waals surface area contributed by atoms with E-state index < -0.39 is 17.6 Å². The molecule has 2 N–H and O–H groups in total. The SMILES string of the molecule is Cl.Nc1cccc2c1CCCN2C(=O)C1CC(=O)N(c2cc(F)cc(F)c2)C1. The van der Waals surface area contributed by atoms with Crippen molar-refractivity contribution in [3.63, 3.8) is 0 Å². The predicted octanol–water partition coefficient (Wildman–Crippen LogP) is 3.30. The number of anilines is 3. The second-order valence-electron chi connectivity index (χ2n) is 6.97. The number of amides is 2. The zero-order chi connectivity index (χ0) is 19.1. The summed E-state index contributed by atoms with van der Waals surface area (Å²) in [6.07, 6.45) is 1.63. The summed E-state index contributed by atoms with van der Waals surface area (Å²) in [5.41, 5.74) is 8.56. The van der Waals surface area contributed by atoms with Gasteiger partial charge in [-0.3, -0.25) is 9.59 Å². The summed E-state index contributed by atoms with van der Waals surface area (Å²) >= 11 is 0. The summed E-state index contributed by atoms with van der Waals surface area (Å²) in [5.74, 6) is -2.55. The van der Waals surface area contributed by atoms with Crippen molar-refractivity contribution in [2.45, 2.75) is 19.3 Å². The molecular weight excluding hydrogens is 388 g/mol. The molecule has 2 aromatic rings. The van der Waals surface area contributed by atoms with Gasteiger partial charge in [-0.1, -0.05) is 6.07 Å². The third kappa shape index (κ3) is 3.54. The molecule has 1 fully saturated rings. The van der Waals surface area contributed by atoms with Crippen LogP contribution in [0, 0.1) is 17.6 Å². The predicted molar refractivity (Wildman–Crippen MR) is 106 cm³/mol. The molecule has 8 heteroatoms. The van der Waals surface area contributed by atoms with Crippen molar-refractivity contribution < 1.29 is 18.4 Å². The van der Waals surface area contributed by atoms with Crippen LogP contribution in [0.25, 0.3) is 0 Å². The molecule has 1 unspecified atom stereocenters. The lowest BCUT2D eigenvalue weighted by atomic mass is 9.97. The van der Waals surface area contributed by atoms with Gasteiger partial charge in [0.05, 0.1) is 5.92 Å². The monoisotopic (exact) mass is 407 g/mol. The fraction of sp³-hybridized carbons (Fsp3) is 0.300. The molecule has 2 heterocycles. The van der Waals surface area contributed by atoms with Crippen LogP contribution in [0.1, 0.15) is 18.4 Å². The number of carbonyl (C=O) groups is 2. The lowest BCUT2D eigenvalue weighted by molar-refractivity contribution is -0.124. The van der Waals surface area contributed by atoms with Crippen LogP contribution in [-0.4, -0.2) is 24.9 Å². The molecule has 28 heavy (non-hydrogen) atoms. The summed E-state index contributed by atoms with van der Waals surface area (Å²) in [4.78, 5) is 28.4. The number of nitrogens with two attached hydrogens (primary N) is 1. The highest BCUT2D eigenvalue weighted by Crippen LogP contribution is 2.34. The first-order valence-electron chi connectivity index (χ1n) is 8.89. The van der Waals surface area contributed by atoms with Crippen molar-refractivity contribution in [3.8, 4) is 0 Å². The van der Waals surface area contributed by atoms with Crippen molar-refractivity contribution in [1.29, 1.82) is 0 Å². The van der Waals surface area contributed by atoms with Crippen molar-refractivity contribution in [3.05, 3.63) is 53.6 Å². The van der Waals surface area contributed by atoms with E-state index in [4.69, 9.17) is 5.73 Å². The Balaban J connectivity index is 0.00000225. The first-order chi connectivity index (χ1) is 12.9. The van der Waals surface area contributed by atoms with Crippen LogP contribution in [-0.2, 0) is 16.0 Å². The highest BCUT2D eigenvalue weighted by atomic mass is 35.5. The quantitative estimate of drug-likeness (QED) is 0.777. The van der Waals surface area contributed by atoms with Gasteiger partial charge in [-0.15, -0.1) is 12.4 Å². The molecule has 0 radical (unpaired) electrons. The van der Waals surface area contributed by atoms with Crippen LogP contribution in [0.15, 0.2) is 36.4 Å². The molecule has 2 aliphatic heterocycles. The number of benzene rings is 2. The van der Waals surface area contributed by atoms with Crippen LogP contribution in [0.5, 0.6) is 0 Å². The average molecular weight is 408 g/mol. The van der Waals surface area contributed by atoms with E-state index in [0.717, 1.165) is 42.3 Å². The van der Waals surface area contributed by atoms with E-state index in [9.17, 15) is 18.4 Å². The average Bonchev–Trinajstić information content (AvgIpc) is 3.02. The smallest absolute Gasteiger partial charge is 0.232 e. The summed E-state index contributed by atoms with van der Waals surface area (Å²) in [7, 11) is 0. The number of hydrogen-bond donors (Lipinski definition) is 1. The minimum Gasteiger partial charge on any atom is -0.398 e. The highest BCUT2D eigenvalue weighted by Gasteiger charge is 2.39. The maximum Gasteiger partial charge on any atom is 0.232 e. The number of rotatable bonds is 2. The third-order valence-electron chi connectivity index (χ3n) is 5.19. The van der Waals surface area contributed by atoms with Gasteiger partial charge >= 0.3 is 0 Å². The van der Waals surface area contributed by atoms with E-state index in [1.165, 1.54) is 4.90 Å². The lowest BCUT2D eigenvalue weighted by Crippen LogP contribution is -2.40. The minimum absolute atomic E-state index is 0. The van der Waals surface area contributed by atoms with E-state index in [2.05, 4.69) is 0 Å². The van der Waals surface area contributed by atoms with Gasteiger partial charge < -0.3 is 15.5 Å². The maximum atomic E-state index is 13.5. The van der Waals surface area contributed by atoms with Crippen LogP contribution in [0.2, 0.25) is 0 Å². The lowest BCUT2D eigenvalue weighted by Gasteiger charge is -2.32. The Labute approximate surface area is 167 Å². The van der Waals surface area contributed by atoms with Gasteiger partial charge in [0.1, 0.15) is 11.6 Å². The first kappa shape index (κ1) is 20.1. The summed E-state index contributed by atoms with van der Waals surface area (Å²) in [6.45, 7) is 0.670. The first-order valence-corrected chi connectivity index (χ1v) is 8.89. The molecule has 0 saturated carbocycles. The number of nitrogen functional groups attached to an aromatic ring is 1. The van der Waals surface area contributed by atoms with Gasteiger partial charge in [0.25, 0.3) is 0 Å². The molecule has 0 aliphatic carbocycles. The Morgan fingerprint density at radius 2 is 1.86 bits per heavy atom. The minimum atomic E-state index is -0.756. The molecule has 2 aromatic carbocycles. The van der Waals surface area contributed by atoms with Crippen LogP contribution in [0.3, 0.4) is 0 Å². The zero-order valence-corrected chi connectivity index (χ0v) is 15.8. The fourth-order valence-electron chi connectivity index (χ4n) is 3.92. The van der Waals surface area contributed by atoms with Crippen molar-refractivity contribution in [2.75, 3.05) is 28.6 Å². The summed E-state index contributed by atoms with van der Waals surface area (Å²) in [6, 6.07) is 8.43. The van der Waals surface area contributed by atoms with Crippen LogP contribution in [0.4, 0.5) is 25.8 Å². The largest absolute Gasteiger partial charge is 0.398 e. The van der Waals surface area contributed by atoms with Crippen molar-refractivity contribution in [1.82, 2.24) is 0 Å². The number of nitrogens with zero attached hydrogens (tertiary/aromatic N) is 2. The van der Waals surface area contributed by atoms with E-state index in [-0.39, 0.29) is 42.9 Å². The molecule has 148 valence electrons. The molecule has 0 spiro atoms.